The maximum absolute atomic E-state index is 10.8. The monoisotopic (exact) mass is 235 g/mol. The Bertz CT molecular complexity index is 293. The quantitative estimate of drug-likeness (QED) is 0.511. The molecule has 0 saturated heterocycles. The van der Waals surface area contributed by atoms with Crippen LogP contribution in [-0.4, -0.2) is 39.4 Å². The summed E-state index contributed by atoms with van der Waals surface area (Å²) in [5, 5.41) is 12.1. The van der Waals surface area contributed by atoms with E-state index >= 15 is 0 Å². The first kappa shape index (κ1) is 13.0. The molecule has 1 fully saturated rings. The standard InChI is InChI=1S/C8H18BNO4S/c1-9(11)10-8-4-3-7(5-8)6-14-15(2,12)13/h7-8,10-11H,3-6H2,1-2H3. The molecule has 15 heavy (non-hydrogen) atoms. The van der Waals surface area contributed by atoms with Crippen molar-refractivity contribution in [2.24, 2.45) is 5.92 Å². The number of hydrogen-bond donors (Lipinski definition) is 2. The molecule has 1 aliphatic rings. The van der Waals surface area contributed by atoms with Crippen molar-refractivity contribution in [1.29, 1.82) is 0 Å². The number of nitrogens with one attached hydrogen (secondary N) is 1. The predicted octanol–water partition coefficient (Wildman–Crippen LogP) is -0.169. The summed E-state index contributed by atoms with van der Waals surface area (Å²) in [6, 6.07) is 0.276. The SMILES string of the molecule is CB(O)NC1CCC(COS(C)(=O)=O)C1. The molecule has 1 saturated carbocycles. The zero-order valence-corrected chi connectivity index (χ0v) is 9.96. The lowest BCUT2D eigenvalue weighted by molar-refractivity contribution is 0.257. The third-order valence-corrected chi connectivity index (χ3v) is 3.10. The average Bonchev–Trinajstić information content (AvgIpc) is 2.46. The summed E-state index contributed by atoms with van der Waals surface area (Å²) in [5.41, 5.74) is 0. The largest absolute Gasteiger partial charge is 0.437 e. The lowest BCUT2D eigenvalue weighted by atomic mass is 9.87. The average molecular weight is 235 g/mol. The molecular weight excluding hydrogens is 217 g/mol. The summed E-state index contributed by atoms with van der Waals surface area (Å²) < 4.78 is 26.3. The Morgan fingerprint density at radius 1 is 1.53 bits per heavy atom. The van der Waals surface area contributed by atoms with Crippen LogP contribution < -0.4 is 5.23 Å². The van der Waals surface area contributed by atoms with Gasteiger partial charge in [-0.3, -0.25) is 4.18 Å². The van der Waals surface area contributed by atoms with E-state index in [-0.39, 0.29) is 18.6 Å². The van der Waals surface area contributed by atoms with Crippen LogP contribution in [0.5, 0.6) is 0 Å². The van der Waals surface area contributed by atoms with Gasteiger partial charge >= 0.3 is 7.05 Å². The van der Waals surface area contributed by atoms with E-state index < -0.39 is 17.2 Å². The number of hydrogen-bond acceptors (Lipinski definition) is 5. The van der Waals surface area contributed by atoms with E-state index in [1.165, 1.54) is 0 Å². The molecule has 0 heterocycles. The summed E-state index contributed by atoms with van der Waals surface area (Å²) in [4.78, 5) is 0. The highest BCUT2D eigenvalue weighted by molar-refractivity contribution is 7.85. The van der Waals surface area contributed by atoms with Crippen molar-refractivity contribution in [2.75, 3.05) is 12.9 Å². The molecule has 0 aliphatic heterocycles. The Labute approximate surface area is 91.5 Å². The van der Waals surface area contributed by atoms with Gasteiger partial charge in [0.2, 0.25) is 0 Å². The van der Waals surface area contributed by atoms with Crippen LogP contribution in [0.3, 0.4) is 0 Å². The van der Waals surface area contributed by atoms with Gasteiger partial charge in [0.05, 0.1) is 12.9 Å². The highest BCUT2D eigenvalue weighted by Crippen LogP contribution is 2.26. The van der Waals surface area contributed by atoms with E-state index in [1.807, 2.05) is 0 Å². The fraction of sp³-hybridized carbons (Fsp3) is 1.00. The van der Waals surface area contributed by atoms with Crippen molar-refractivity contribution < 1.29 is 17.6 Å². The van der Waals surface area contributed by atoms with E-state index in [1.54, 1.807) is 6.82 Å². The van der Waals surface area contributed by atoms with Gasteiger partial charge in [-0.2, -0.15) is 8.42 Å². The minimum absolute atomic E-state index is 0.261. The Morgan fingerprint density at radius 2 is 2.20 bits per heavy atom. The molecule has 0 spiro atoms. The second-order valence-corrected chi connectivity index (χ2v) is 5.85. The van der Waals surface area contributed by atoms with Gasteiger partial charge in [0.15, 0.2) is 0 Å². The van der Waals surface area contributed by atoms with Gasteiger partial charge in [0, 0.05) is 0 Å². The third kappa shape index (κ3) is 5.51. The van der Waals surface area contributed by atoms with Crippen LogP contribution in [-0.2, 0) is 14.3 Å². The zero-order chi connectivity index (χ0) is 11.5. The summed E-state index contributed by atoms with van der Waals surface area (Å²) in [6.45, 7) is 1.94. The summed E-state index contributed by atoms with van der Waals surface area (Å²) in [5.74, 6) is 0.274. The van der Waals surface area contributed by atoms with Crippen LogP contribution in [0.1, 0.15) is 19.3 Å². The first-order chi connectivity index (χ1) is 6.87. The van der Waals surface area contributed by atoms with Crippen LogP contribution in [0.25, 0.3) is 0 Å². The maximum Gasteiger partial charge on any atom is 0.373 e. The lowest BCUT2D eigenvalue weighted by Crippen LogP contribution is -2.38. The lowest BCUT2D eigenvalue weighted by Gasteiger charge is -2.13. The summed E-state index contributed by atoms with van der Waals surface area (Å²) >= 11 is 0. The van der Waals surface area contributed by atoms with Crippen molar-refractivity contribution in [3.05, 3.63) is 0 Å². The Morgan fingerprint density at radius 3 is 2.73 bits per heavy atom. The molecule has 5 nitrogen and oxygen atoms in total. The molecule has 0 amide bonds. The fourth-order valence-corrected chi connectivity index (χ4v) is 2.38. The van der Waals surface area contributed by atoms with Crippen LogP contribution >= 0.6 is 0 Å². The first-order valence-electron chi connectivity index (χ1n) is 5.15. The van der Waals surface area contributed by atoms with Gasteiger partial charge in [0.1, 0.15) is 0 Å². The molecule has 0 aromatic rings. The van der Waals surface area contributed by atoms with E-state index in [0.717, 1.165) is 25.5 Å². The van der Waals surface area contributed by atoms with E-state index in [4.69, 9.17) is 9.21 Å². The van der Waals surface area contributed by atoms with Gasteiger partial charge in [-0.15, -0.1) is 0 Å². The van der Waals surface area contributed by atoms with Crippen LogP contribution in [0.15, 0.2) is 0 Å². The molecule has 0 bridgehead atoms. The van der Waals surface area contributed by atoms with Gasteiger partial charge in [0.25, 0.3) is 10.1 Å². The molecule has 1 rings (SSSR count). The van der Waals surface area contributed by atoms with Gasteiger partial charge in [-0.25, -0.2) is 0 Å². The molecular formula is C8H18BNO4S. The molecule has 2 atom stereocenters. The summed E-state index contributed by atoms with van der Waals surface area (Å²) in [6.07, 6.45) is 3.83. The van der Waals surface area contributed by atoms with Crippen molar-refractivity contribution in [3.63, 3.8) is 0 Å². The van der Waals surface area contributed by atoms with Gasteiger partial charge in [-0.05, 0) is 38.0 Å². The van der Waals surface area contributed by atoms with E-state index in [2.05, 4.69) is 5.23 Å². The molecule has 0 aromatic carbocycles. The molecule has 2 N–H and O–H groups in total. The van der Waals surface area contributed by atoms with Crippen LogP contribution in [0.2, 0.25) is 6.82 Å². The zero-order valence-electron chi connectivity index (χ0n) is 9.14. The smallest absolute Gasteiger partial charge is 0.373 e. The van der Waals surface area contributed by atoms with E-state index in [9.17, 15) is 8.42 Å². The Kier molecular flexibility index (Phi) is 4.57. The second kappa shape index (κ2) is 5.29. The molecule has 1 aliphatic carbocycles. The summed E-state index contributed by atoms with van der Waals surface area (Å²) in [7, 11) is -3.83. The first-order valence-corrected chi connectivity index (χ1v) is 6.97. The third-order valence-electron chi connectivity index (χ3n) is 2.54. The molecule has 7 heteroatoms. The van der Waals surface area contributed by atoms with Gasteiger partial charge in [-0.1, -0.05) is 0 Å². The van der Waals surface area contributed by atoms with Crippen molar-refractivity contribution in [3.8, 4) is 0 Å². The maximum atomic E-state index is 10.8. The van der Waals surface area contributed by atoms with Crippen molar-refractivity contribution in [2.45, 2.75) is 32.1 Å². The Balaban J connectivity index is 2.25. The van der Waals surface area contributed by atoms with E-state index in [0.29, 0.717) is 0 Å². The minimum atomic E-state index is -3.32. The number of rotatable bonds is 5. The molecule has 0 radical (unpaired) electrons. The Hall–Kier alpha value is -0.105. The molecule has 2 unspecified atom stereocenters. The van der Waals surface area contributed by atoms with Crippen molar-refractivity contribution >= 4 is 17.2 Å². The van der Waals surface area contributed by atoms with Gasteiger partial charge < -0.3 is 10.3 Å². The molecule has 88 valence electrons. The highest BCUT2D eigenvalue weighted by atomic mass is 32.2. The topological polar surface area (TPSA) is 75.6 Å². The molecule has 0 aromatic heterocycles. The predicted molar refractivity (Wildman–Crippen MR) is 58.9 cm³/mol. The highest BCUT2D eigenvalue weighted by Gasteiger charge is 2.26. The second-order valence-electron chi connectivity index (χ2n) is 4.21. The van der Waals surface area contributed by atoms with Crippen molar-refractivity contribution in [1.82, 2.24) is 5.23 Å². The fourth-order valence-electron chi connectivity index (χ4n) is 1.94. The minimum Gasteiger partial charge on any atom is -0.437 e. The van der Waals surface area contributed by atoms with Crippen LogP contribution in [0, 0.1) is 5.92 Å². The normalized spacial score (nSPS) is 26.9. The van der Waals surface area contributed by atoms with Crippen LogP contribution in [0.4, 0.5) is 0 Å².